The Kier molecular flexibility index (Phi) is 6.32. The minimum Gasteiger partial charge on any atom is -0.493 e. The van der Waals surface area contributed by atoms with E-state index < -0.39 is 0 Å². The highest BCUT2D eigenvalue weighted by Gasteiger charge is 2.11. The number of aryl methyl sites for hydroxylation is 1. The molecule has 0 aliphatic rings. The van der Waals surface area contributed by atoms with E-state index in [1.807, 2.05) is 67.2 Å². The Morgan fingerprint density at radius 1 is 0.897 bits per heavy atom. The maximum atomic E-state index is 5.98. The predicted octanol–water partition coefficient (Wildman–Crippen LogP) is 6.56. The van der Waals surface area contributed by atoms with Crippen molar-refractivity contribution in [2.45, 2.75) is 24.0 Å². The topological polar surface area (TPSA) is 35.3 Å². The average molecular weight is 402 g/mol. The van der Waals surface area contributed by atoms with Gasteiger partial charge in [0.25, 0.3) is 0 Å². The zero-order valence-electron chi connectivity index (χ0n) is 16.4. The third-order valence-corrected chi connectivity index (χ3v) is 5.65. The van der Waals surface area contributed by atoms with Crippen LogP contribution < -0.4 is 4.74 Å². The lowest BCUT2D eigenvalue weighted by atomic mass is 10.2. The molecule has 0 amide bonds. The predicted molar refractivity (Wildman–Crippen MR) is 118 cm³/mol. The molecule has 4 heteroatoms. The first-order chi connectivity index (χ1) is 14.3. The molecule has 0 saturated carbocycles. The van der Waals surface area contributed by atoms with Crippen LogP contribution in [0.15, 0.2) is 94.2 Å². The highest BCUT2D eigenvalue weighted by atomic mass is 32.2. The molecule has 0 N–H and O–H groups in total. The molecule has 0 atom stereocenters. The zero-order chi connectivity index (χ0) is 19.9. The van der Waals surface area contributed by atoms with Gasteiger partial charge in [-0.05, 0) is 48.9 Å². The van der Waals surface area contributed by atoms with Gasteiger partial charge in [0.05, 0.1) is 12.3 Å². The molecule has 3 aromatic carbocycles. The van der Waals surface area contributed by atoms with E-state index in [0.717, 1.165) is 28.5 Å². The van der Waals surface area contributed by atoms with Crippen molar-refractivity contribution < 1.29 is 9.15 Å². The van der Waals surface area contributed by atoms with Crippen LogP contribution in [0.4, 0.5) is 0 Å². The quantitative estimate of drug-likeness (QED) is 0.313. The fourth-order valence-corrected chi connectivity index (χ4v) is 3.90. The summed E-state index contributed by atoms with van der Waals surface area (Å²) >= 11 is 1.83. The van der Waals surface area contributed by atoms with E-state index in [4.69, 9.17) is 9.15 Å². The molecule has 0 aliphatic carbocycles. The molecule has 0 spiro atoms. The van der Waals surface area contributed by atoms with Crippen molar-refractivity contribution in [3.8, 4) is 17.2 Å². The highest BCUT2D eigenvalue weighted by Crippen LogP contribution is 2.25. The molecule has 0 radical (unpaired) electrons. The van der Waals surface area contributed by atoms with Crippen LogP contribution in [0, 0.1) is 6.92 Å². The van der Waals surface area contributed by atoms with Gasteiger partial charge in [0, 0.05) is 22.6 Å². The first kappa shape index (κ1) is 19.3. The van der Waals surface area contributed by atoms with Gasteiger partial charge in [-0.1, -0.05) is 48.5 Å². The lowest BCUT2D eigenvalue weighted by Crippen LogP contribution is -2.03. The summed E-state index contributed by atoms with van der Waals surface area (Å²) in [6.45, 7) is 2.52. The number of nitrogens with zero attached hydrogens (tertiary/aromatic N) is 1. The molecule has 146 valence electrons. The first-order valence-electron chi connectivity index (χ1n) is 9.69. The highest BCUT2D eigenvalue weighted by molar-refractivity contribution is 7.98. The Morgan fingerprint density at radius 2 is 1.66 bits per heavy atom. The molecule has 1 heterocycles. The number of oxazole rings is 1. The molecule has 0 unspecified atom stereocenters. The van der Waals surface area contributed by atoms with Crippen molar-refractivity contribution >= 4 is 11.8 Å². The molecule has 0 aliphatic heterocycles. The van der Waals surface area contributed by atoms with Gasteiger partial charge < -0.3 is 9.15 Å². The molecule has 0 bridgehead atoms. The van der Waals surface area contributed by atoms with Gasteiger partial charge >= 0.3 is 0 Å². The summed E-state index contributed by atoms with van der Waals surface area (Å²) in [6, 6.07) is 28.7. The molecule has 3 nitrogen and oxygen atoms in total. The summed E-state index contributed by atoms with van der Waals surface area (Å²) in [5.74, 6) is 3.32. The molecule has 4 aromatic rings. The Bertz CT molecular complexity index is 1040. The van der Waals surface area contributed by atoms with E-state index in [2.05, 4.69) is 41.4 Å². The Hall–Kier alpha value is -2.98. The van der Waals surface area contributed by atoms with Crippen LogP contribution in [0.2, 0.25) is 0 Å². The number of ether oxygens (including phenoxy) is 1. The van der Waals surface area contributed by atoms with Gasteiger partial charge in [0.15, 0.2) is 0 Å². The van der Waals surface area contributed by atoms with Crippen LogP contribution >= 0.6 is 11.8 Å². The molecular weight excluding hydrogens is 378 g/mol. The van der Waals surface area contributed by atoms with Gasteiger partial charge in [-0.3, -0.25) is 0 Å². The maximum absolute atomic E-state index is 5.98. The summed E-state index contributed by atoms with van der Waals surface area (Å²) in [5, 5.41) is 0. The van der Waals surface area contributed by atoms with Crippen molar-refractivity contribution in [2.24, 2.45) is 0 Å². The van der Waals surface area contributed by atoms with Crippen molar-refractivity contribution in [3.63, 3.8) is 0 Å². The van der Waals surface area contributed by atoms with Gasteiger partial charge in [0.1, 0.15) is 11.5 Å². The van der Waals surface area contributed by atoms with Crippen LogP contribution in [0.1, 0.15) is 17.0 Å². The summed E-state index contributed by atoms with van der Waals surface area (Å²) < 4.78 is 11.8. The second kappa shape index (κ2) is 9.48. The minimum absolute atomic E-state index is 0.566. The summed E-state index contributed by atoms with van der Waals surface area (Å²) in [5.41, 5.74) is 3.19. The van der Waals surface area contributed by atoms with Gasteiger partial charge in [-0.15, -0.1) is 11.8 Å². The van der Waals surface area contributed by atoms with E-state index in [1.54, 1.807) is 0 Å². The second-order valence-corrected chi connectivity index (χ2v) is 7.78. The fourth-order valence-electron chi connectivity index (χ4n) is 3.04. The number of rotatable bonds is 8. The third-order valence-electron chi connectivity index (χ3n) is 4.57. The Morgan fingerprint density at radius 3 is 2.45 bits per heavy atom. The fraction of sp³-hybridized carbons (Fsp3) is 0.160. The summed E-state index contributed by atoms with van der Waals surface area (Å²) in [6.07, 6.45) is 0.713. The summed E-state index contributed by atoms with van der Waals surface area (Å²) in [4.78, 5) is 5.91. The third kappa shape index (κ3) is 5.30. The number of hydrogen-bond donors (Lipinski definition) is 0. The lowest BCUT2D eigenvalue weighted by molar-refractivity contribution is 0.319. The molecular formula is C25H23NO2S. The van der Waals surface area contributed by atoms with Crippen LogP contribution in [-0.4, -0.2) is 11.6 Å². The van der Waals surface area contributed by atoms with Crippen LogP contribution in [-0.2, 0) is 12.2 Å². The maximum Gasteiger partial charge on any atom is 0.226 e. The van der Waals surface area contributed by atoms with E-state index in [9.17, 15) is 0 Å². The smallest absolute Gasteiger partial charge is 0.226 e. The SMILES string of the molecule is Cc1oc(-c2ccccc2)nc1CCOc1cccc(CSc2ccccc2)c1. The van der Waals surface area contributed by atoms with Crippen molar-refractivity contribution in [2.75, 3.05) is 6.61 Å². The van der Waals surface area contributed by atoms with E-state index >= 15 is 0 Å². The van der Waals surface area contributed by atoms with Crippen LogP contribution in [0.3, 0.4) is 0 Å². The Labute approximate surface area is 175 Å². The van der Waals surface area contributed by atoms with Crippen LogP contribution in [0.25, 0.3) is 11.5 Å². The number of hydrogen-bond acceptors (Lipinski definition) is 4. The largest absolute Gasteiger partial charge is 0.493 e. The second-order valence-electron chi connectivity index (χ2n) is 6.74. The Balaban J connectivity index is 1.32. The van der Waals surface area contributed by atoms with E-state index in [-0.39, 0.29) is 0 Å². The van der Waals surface area contributed by atoms with Gasteiger partial charge in [-0.25, -0.2) is 4.98 Å². The standard InChI is InChI=1S/C25H23NO2S/c1-19-24(26-25(28-19)21-10-4-2-5-11-21)15-16-27-22-12-8-9-20(17-22)18-29-23-13-6-3-7-14-23/h2-14,17H,15-16,18H2,1H3. The molecule has 0 fully saturated rings. The zero-order valence-corrected chi connectivity index (χ0v) is 17.2. The normalized spacial score (nSPS) is 10.8. The van der Waals surface area contributed by atoms with Crippen LogP contribution in [0.5, 0.6) is 5.75 Å². The average Bonchev–Trinajstić information content (AvgIpc) is 3.15. The lowest BCUT2D eigenvalue weighted by Gasteiger charge is -2.08. The molecule has 4 rings (SSSR count). The van der Waals surface area contributed by atoms with Gasteiger partial charge in [0.2, 0.25) is 5.89 Å². The first-order valence-corrected chi connectivity index (χ1v) is 10.7. The number of thioether (sulfide) groups is 1. The van der Waals surface area contributed by atoms with E-state index in [0.29, 0.717) is 18.9 Å². The molecule has 29 heavy (non-hydrogen) atoms. The molecule has 1 aromatic heterocycles. The molecule has 0 saturated heterocycles. The van der Waals surface area contributed by atoms with E-state index in [1.165, 1.54) is 10.5 Å². The monoisotopic (exact) mass is 401 g/mol. The van der Waals surface area contributed by atoms with Crippen molar-refractivity contribution in [3.05, 3.63) is 102 Å². The van der Waals surface area contributed by atoms with Crippen molar-refractivity contribution in [1.29, 1.82) is 0 Å². The minimum atomic E-state index is 0.566. The summed E-state index contributed by atoms with van der Waals surface area (Å²) in [7, 11) is 0. The number of benzene rings is 3. The van der Waals surface area contributed by atoms with Crippen molar-refractivity contribution in [1.82, 2.24) is 4.98 Å². The number of aromatic nitrogens is 1. The van der Waals surface area contributed by atoms with Gasteiger partial charge in [-0.2, -0.15) is 0 Å².